The number of rotatable bonds is 2. The Bertz CT molecular complexity index is 708. The van der Waals surface area contributed by atoms with Crippen molar-refractivity contribution in [3.8, 4) is 12.1 Å². The molecular formula is C15H10FN3. The Morgan fingerprint density at radius 2 is 1.84 bits per heavy atom. The minimum Gasteiger partial charge on any atom is -0.354 e. The summed E-state index contributed by atoms with van der Waals surface area (Å²) in [4.78, 5) is 0. The number of hydrogen-bond acceptors (Lipinski definition) is 3. The minimum absolute atomic E-state index is 0.0377. The maximum atomic E-state index is 13.5. The molecule has 3 nitrogen and oxygen atoms in total. The van der Waals surface area contributed by atoms with Gasteiger partial charge in [-0.3, -0.25) is 0 Å². The number of benzene rings is 2. The molecule has 0 aliphatic rings. The lowest BCUT2D eigenvalue weighted by Crippen LogP contribution is -1.98. The van der Waals surface area contributed by atoms with Crippen LogP contribution in [0.15, 0.2) is 36.4 Å². The van der Waals surface area contributed by atoms with Crippen molar-refractivity contribution >= 4 is 11.4 Å². The number of nitriles is 2. The molecule has 0 unspecified atom stereocenters. The lowest BCUT2D eigenvalue weighted by Gasteiger charge is -2.11. The van der Waals surface area contributed by atoms with Crippen molar-refractivity contribution < 1.29 is 4.39 Å². The standard InChI is InChI=1S/C15H10FN3/c1-10-5-6-11(8-17)7-15(10)19-14-4-2-3-13(16)12(14)9-18/h2-7,19H,1H3. The molecule has 0 heterocycles. The highest BCUT2D eigenvalue weighted by Gasteiger charge is 2.09. The van der Waals surface area contributed by atoms with Gasteiger partial charge in [0.2, 0.25) is 0 Å². The molecule has 1 N–H and O–H groups in total. The van der Waals surface area contributed by atoms with Crippen LogP contribution in [0.2, 0.25) is 0 Å². The Morgan fingerprint density at radius 1 is 1.05 bits per heavy atom. The molecule has 0 spiro atoms. The molecule has 4 heteroatoms. The Hall–Kier alpha value is -2.85. The molecule has 92 valence electrons. The van der Waals surface area contributed by atoms with Gasteiger partial charge in [0.05, 0.1) is 17.3 Å². The lowest BCUT2D eigenvalue weighted by atomic mass is 10.1. The summed E-state index contributed by atoms with van der Waals surface area (Å²) >= 11 is 0. The predicted molar refractivity (Wildman–Crippen MR) is 70.3 cm³/mol. The summed E-state index contributed by atoms with van der Waals surface area (Å²) in [6, 6.07) is 13.4. The molecule has 0 aliphatic heterocycles. The van der Waals surface area contributed by atoms with Crippen molar-refractivity contribution in [1.29, 1.82) is 10.5 Å². The first-order valence-electron chi connectivity index (χ1n) is 5.62. The fourth-order valence-corrected chi connectivity index (χ4v) is 1.71. The normalized spacial score (nSPS) is 9.47. The van der Waals surface area contributed by atoms with Gasteiger partial charge < -0.3 is 5.32 Å². The van der Waals surface area contributed by atoms with Crippen LogP contribution in [0.25, 0.3) is 0 Å². The quantitative estimate of drug-likeness (QED) is 0.886. The van der Waals surface area contributed by atoms with E-state index in [0.29, 0.717) is 16.9 Å². The minimum atomic E-state index is -0.568. The van der Waals surface area contributed by atoms with Gasteiger partial charge in [-0.25, -0.2) is 4.39 Å². The SMILES string of the molecule is Cc1ccc(C#N)cc1Nc1cccc(F)c1C#N. The predicted octanol–water partition coefficient (Wildman–Crippen LogP) is 3.62. The maximum Gasteiger partial charge on any atom is 0.143 e. The van der Waals surface area contributed by atoms with E-state index < -0.39 is 5.82 Å². The van der Waals surface area contributed by atoms with Crippen LogP contribution in [0.1, 0.15) is 16.7 Å². The van der Waals surface area contributed by atoms with Gasteiger partial charge in [0.15, 0.2) is 0 Å². The monoisotopic (exact) mass is 251 g/mol. The van der Waals surface area contributed by atoms with Gasteiger partial charge in [0.1, 0.15) is 17.4 Å². The Morgan fingerprint density at radius 3 is 2.53 bits per heavy atom. The number of nitrogens with zero attached hydrogens (tertiary/aromatic N) is 2. The van der Waals surface area contributed by atoms with E-state index in [1.54, 1.807) is 24.3 Å². The molecule has 2 rings (SSSR count). The summed E-state index contributed by atoms with van der Waals surface area (Å²) < 4.78 is 13.5. The fourth-order valence-electron chi connectivity index (χ4n) is 1.71. The van der Waals surface area contributed by atoms with Crippen LogP contribution in [-0.4, -0.2) is 0 Å². The topological polar surface area (TPSA) is 59.6 Å². The first-order chi connectivity index (χ1) is 9.15. The van der Waals surface area contributed by atoms with Crippen LogP contribution in [0, 0.1) is 35.4 Å². The number of anilines is 2. The highest BCUT2D eigenvalue weighted by atomic mass is 19.1. The molecule has 0 aliphatic carbocycles. The van der Waals surface area contributed by atoms with Crippen LogP contribution < -0.4 is 5.32 Å². The van der Waals surface area contributed by atoms with E-state index in [1.807, 2.05) is 19.1 Å². The van der Waals surface area contributed by atoms with E-state index in [9.17, 15) is 4.39 Å². The van der Waals surface area contributed by atoms with Crippen LogP contribution in [0.3, 0.4) is 0 Å². The third kappa shape index (κ3) is 2.53. The van der Waals surface area contributed by atoms with E-state index in [0.717, 1.165) is 5.56 Å². The molecule has 19 heavy (non-hydrogen) atoms. The van der Waals surface area contributed by atoms with Crippen LogP contribution in [0.5, 0.6) is 0 Å². The Kier molecular flexibility index (Phi) is 3.45. The second-order valence-corrected chi connectivity index (χ2v) is 4.04. The summed E-state index contributed by atoms with van der Waals surface area (Å²) in [5, 5.41) is 20.8. The fraction of sp³-hybridized carbons (Fsp3) is 0.0667. The number of nitrogens with one attached hydrogen (secondary N) is 1. The zero-order chi connectivity index (χ0) is 13.8. The largest absolute Gasteiger partial charge is 0.354 e. The van der Waals surface area contributed by atoms with E-state index in [2.05, 4.69) is 5.32 Å². The van der Waals surface area contributed by atoms with E-state index in [-0.39, 0.29) is 5.56 Å². The van der Waals surface area contributed by atoms with Gasteiger partial charge in [0.25, 0.3) is 0 Å². The first-order valence-corrected chi connectivity index (χ1v) is 5.62. The second-order valence-electron chi connectivity index (χ2n) is 4.04. The van der Waals surface area contributed by atoms with Gasteiger partial charge in [0, 0.05) is 5.69 Å². The van der Waals surface area contributed by atoms with Crippen LogP contribution in [-0.2, 0) is 0 Å². The number of aryl methyl sites for hydroxylation is 1. The third-order valence-corrected chi connectivity index (χ3v) is 2.76. The number of halogens is 1. The van der Waals surface area contributed by atoms with Crippen LogP contribution >= 0.6 is 0 Å². The zero-order valence-corrected chi connectivity index (χ0v) is 10.2. The average Bonchev–Trinajstić information content (AvgIpc) is 2.41. The lowest BCUT2D eigenvalue weighted by molar-refractivity contribution is 0.624. The Balaban J connectivity index is 2.46. The van der Waals surface area contributed by atoms with E-state index in [1.165, 1.54) is 12.1 Å². The molecule has 0 atom stereocenters. The molecule has 0 amide bonds. The molecule has 0 aromatic heterocycles. The molecule has 2 aromatic carbocycles. The molecule has 0 saturated carbocycles. The zero-order valence-electron chi connectivity index (χ0n) is 10.2. The maximum absolute atomic E-state index is 13.5. The summed E-state index contributed by atoms with van der Waals surface area (Å²) in [7, 11) is 0. The van der Waals surface area contributed by atoms with Crippen molar-refractivity contribution in [2.75, 3.05) is 5.32 Å². The van der Waals surface area contributed by atoms with Gasteiger partial charge in [-0.2, -0.15) is 10.5 Å². The van der Waals surface area contributed by atoms with Gasteiger partial charge in [-0.05, 0) is 36.8 Å². The molecule has 0 fully saturated rings. The third-order valence-electron chi connectivity index (χ3n) is 2.76. The summed E-state index contributed by atoms with van der Waals surface area (Å²) in [6.07, 6.45) is 0. The molecule has 2 aromatic rings. The van der Waals surface area contributed by atoms with Gasteiger partial charge in [-0.15, -0.1) is 0 Å². The second kappa shape index (κ2) is 5.20. The van der Waals surface area contributed by atoms with E-state index in [4.69, 9.17) is 10.5 Å². The summed E-state index contributed by atoms with van der Waals surface area (Å²) in [6.45, 7) is 1.87. The molecular weight excluding hydrogens is 241 g/mol. The van der Waals surface area contributed by atoms with Crippen molar-refractivity contribution in [1.82, 2.24) is 0 Å². The Labute approximate surface area is 110 Å². The number of hydrogen-bond donors (Lipinski definition) is 1. The van der Waals surface area contributed by atoms with Crippen LogP contribution in [0.4, 0.5) is 15.8 Å². The smallest absolute Gasteiger partial charge is 0.143 e. The molecule has 0 radical (unpaired) electrons. The molecule has 0 bridgehead atoms. The van der Waals surface area contributed by atoms with Crippen molar-refractivity contribution in [3.63, 3.8) is 0 Å². The highest BCUT2D eigenvalue weighted by molar-refractivity contribution is 5.69. The highest BCUT2D eigenvalue weighted by Crippen LogP contribution is 2.25. The molecule has 0 saturated heterocycles. The summed E-state index contributed by atoms with van der Waals surface area (Å²) in [5.74, 6) is -0.568. The average molecular weight is 251 g/mol. The van der Waals surface area contributed by atoms with Gasteiger partial charge >= 0.3 is 0 Å². The van der Waals surface area contributed by atoms with Crippen molar-refractivity contribution in [2.45, 2.75) is 6.92 Å². The first kappa shape index (κ1) is 12.6. The van der Waals surface area contributed by atoms with Gasteiger partial charge in [-0.1, -0.05) is 12.1 Å². The summed E-state index contributed by atoms with van der Waals surface area (Å²) in [5.41, 5.74) is 2.45. The van der Waals surface area contributed by atoms with E-state index >= 15 is 0 Å². The van der Waals surface area contributed by atoms with Crippen molar-refractivity contribution in [2.24, 2.45) is 0 Å². The van der Waals surface area contributed by atoms with Crippen molar-refractivity contribution in [3.05, 3.63) is 58.9 Å².